The van der Waals surface area contributed by atoms with Crippen molar-refractivity contribution in [3.8, 4) is 5.75 Å². The number of fused-ring (bicyclic) bond motifs is 1. The van der Waals surface area contributed by atoms with E-state index in [-0.39, 0.29) is 30.8 Å². The summed E-state index contributed by atoms with van der Waals surface area (Å²) in [7, 11) is 1.60. The van der Waals surface area contributed by atoms with Gasteiger partial charge in [-0.3, -0.25) is 9.59 Å². The van der Waals surface area contributed by atoms with Gasteiger partial charge in [-0.25, -0.2) is 4.98 Å². The van der Waals surface area contributed by atoms with E-state index in [1.165, 1.54) is 0 Å². The van der Waals surface area contributed by atoms with Gasteiger partial charge in [0.1, 0.15) is 12.3 Å². The molecule has 1 heterocycles. The van der Waals surface area contributed by atoms with Crippen molar-refractivity contribution in [1.82, 2.24) is 14.5 Å². The van der Waals surface area contributed by atoms with E-state index in [9.17, 15) is 14.7 Å². The topological polar surface area (TPSA) is 84.7 Å². The van der Waals surface area contributed by atoms with E-state index in [0.717, 1.165) is 57.0 Å². The van der Waals surface area contributed by atoms with Crippen molar-refractivity contribution in [2.24, 2.45) is 11.3 Å². The average Bonchev–Trinajstić information content (AvgIpc) is 3.18. The third-order valence-corrected chi connectivity index (χ3v) is 7.09. The number of aromatic nitrogens is 2. The lowest BCUT2D eigenvalue weighted by Crippen LogP contribution is -2.38. The second kappa shape index (κ2) is 11.1. The Morgan fingerprint density at radius 3 is 2.55 bits per heavy atom. The number of methoxy groups -OCH3 is 1. The summed E-state index contributed by atoms with van der Waals surface area (Å²) >= 11 is 0. The van der Waals surface area contributed by atoms with Gasteiger partial charge in [-0.15, -0.1) is 0 Å². The van der Waals surface area contributed by atoms with Crippen molar-refractivity contribution in [3.63, 3.8) is 0 Å². The lowest BCUT2D eigenvalue weighted by atomic mass is 9.69. The number of unbranched alkanes of at least 4 members (excludes halogenated alkanes) is 1. The quantitative estimate of drug-likeness (QED) is 0.504. The molecule has 0 spiro atoms. The zero-order chi connectivity index (χ0) is 24.0. The van der Waals surface area contributed by atoms with Gasteiger partial charge >= 0.3 is 0 Å². The fourth-order valence-electron chi connectivity index (χ4n) is 4.77. The Kier molecular flexibility index (Phi) is 8.51. The first-order valence-corrected chi connectivity index (χ1v) is 12.3. The normalized spacial score (nSPS) is 20.7. The molecule has 1 aliphatic carbocycles. The molecule has 1 saturated carbocycles. The molecule has 1 fully saturated rings. The molecule has 2 aromatic rings. The van der Waals surface area contributed by atoms with Crippen molar-refractivity contribution in [1.29, 1.82) is 0 Å². The molecule has 0 atom stereocenters. The number of aliphatic hydroxyl groups excluding tert-OH is 1. The second-order valence-electron chi connectivity index (χ2n) is 9.63. The molecule has 1 N–H and O–H groups in total. The maximum absolute atomic E-state index is 13.8. The molecule has 3 rings (SSSR count). The van der Waals surface area contributed by atoms with E-state index < -0.39 is 5.41 Å². The van der Waals surface area contributed by atoms with Gasteiger partial charge in [0.25, 0.3) is 0 Å². The predicted molar refractivity (Wildman–Crippen MR) is 130 cm³/mol. The van der Waals surface area contributed by atoms with Gasteiger partial charge < -0.3 is 19.3 Å². The van der Waals surface area contributed by atoms with Crippen LogP contribution < -0.4 is 4.74 Å². The Bertz CT molecular complexity index is 960. The van der Waals surface area contributed by atoms with Gasteiger partial charge in [0.05, 0.1) is 18.1 Å². The SMILES string of the molecule is CCCCN(CCC)C(=O)Cn1c(C(=O)C2(C)CCC(CO)CC2)nc2ccc(OC)cc21. The summed E-state index contributed by atoms with van der Waals surface area (Å²) in [6.07, 6.45) is 5.96. The third-order valence-electron chi connectivity index (χ3n) is 7.09. The number of rotatable bonds is 11. The monoisotopic (exact) mass is 457 g/mol. The maximum Gasteiger partial charge on any atom is 0.242 e. The van der Waals surface area contributed by atoms with Crippen LogP contribution >= 0.6 is 0 Å². The molecular weight excluding hydrogens is 418 g/mol. The summed E-state index contributed by atoms with van der Waals surface area (Å²) in [6, 6.07) is 5.53. The number of imidazole rings is 1. The van der Waals surface area contributed by atoms with Gasteiger partial charge in [-0.1, -0.05) is 27.2 Å². The van der Waals surface area contributed by atoms with E-state index >= 15 is 0 Å². The van der Waals surface area contributed by atoms with Crippen molar-refractivity contribution in [2.45, 2.75) is 72.3 Å². The Morgan fingerprint density at radius 2 is 1.94 bits per heavy atom. The van der Waals surface area contributed by atoms with Crippen LogP contribution in [0.1, 0.15) is 76.3 Å². The lowest BCUT2D eigenvalue weighted by molar-refractivity contribution is -0.131. The Balaban J connectivity index is 1.98. The standard InChI is InChI=1S/C26H39N3O4/c1-5-7-15-28(14-6-2)23(31)17-29-22-16-20(33-4)8-9-21(22)27-25(29)24(32)26(3)12-10-19(18-30)11-13-26/h8-9,16,19,30H,5-7,10-15,17-18H2,1-4H3. The number of ether oxygens (including phenoxy) is 1. The van der Waals surface area contributed by atoms with Crippen LogP contribution in [0.4, 0.5) is 0 Å². The molecule has 7 nitrogen and oxygen atoms in total. The summed E-state index contributed by atoms with van der Waals surface area (Å²) in [4.78, 5) is 33.7. The number of hydrogen-bond acceptors (Lipinski definition) is 5. The molecule has 0 unspecified atom stereocenters. The second-order valence-corrected chi connectivity index (χ2v) is 9.63. The first kappa shape index (κ1) is 25.2. The molecule has 33 heavy (non-hydrogen) atoms. The third kappa shape index (κ3) is 5.57. The molecule has 1 aromatic carbocycles. The summed E-state index contributed by atoms with van der Waals surface area (Å²) in [5.74, 6) is 1.27. The summed E-state index contributed by atoms with van der Waals surface area (Å²) < 4.78 is 7.20. The number of benzene rings is 1. The molecule has 0 saturated heterocycles. The van der Waals surface area contributed by atoms with Gasteiger partial charge in [0.2, 0.25) is 11.7 Å². The first-order chi connectivity index (χ1) is 15.9. The lowest BCUT2D eigenvalue weighted by Gasteiger charge is -2.35. The van der Waals surface area contributed by atoms with Gasteiger partial charge in [-0.05, 0) is 56.6 Å². The smallest absolute Gasteiger partial charge is 0.242 e. The highest BCUT2D eigenvalue weighted by molar-refractivity contribution is 6.01. The van der Waals surface area contributed by atoms with E-state index in [2.05, 4.69) is 13.8 Å². The van der Waals surface area contributed by atoms with Crippen molar-refractivity contribution in [2.75, 3.05) is 26.8 Å². The molecular formula is C26H39N3O4. The van der Waals surface area contributed by atoms with Gasteiger partial charge in [-0.2, -0.15) is 0 Å². The van der Waals surface area contributed by atoms with Gasteiger partial charge in [0.15, 0.2) is 5.82 Å². The molecule has 1 aromatic heterocycles. The minimum Gasteiger partial charge on any atom is -0.497 e. The van der Waals surface area contributed by atoms with E-state index in [4.69, 9.17) is 9.72 Å². The number of nitrogens with zero attached hydrogens (tertiary/aromatic N) is 3. The number of amides is 1. The van der Waals surface area contributed by atoms with Crippen LogP contribution in [0.25, 0.3) is 11.0 Å². The molecule has 0 aliphatic heterocycles. The molecule has 7 heteroatoms. The highest BCUT2D eigenvalue weighted by atomic mass is 16.5. The number of carbonyl (C=O) groups excluding carboxylic acids is 2. The van der Waals surface area contributed by atoms with Gasteiger partial charge in [0, 0.05) is 31.2 Å². The van der Waals surface area contributed by atoms with Crippen molar-refractivity contribution >= 4 is 22.7 Å². The van der Waals surface area contributed by atoms with Crippen LogP contribution in [0.5, 0.6) is 5.75 Å². The number of hydrogen-bond donors (Lipinski definition) is 1. The van der Waals surface area contributed by atoms with E-state index in [1.807, 2.05) is 30.0 Å². The Labute approximate surface area is 197 Å². The summed E-state index contributed by atoms with van der Waals surface area (Å²) in [5, 5.41) is 9.51. The van der Waals surface area contributed by atoms with E-state index in [1.54, 1.807) is 11.7 Å². The summed E-state index contributed by atoms with van der Waals surface area (Å²) in [5.41, 5.74) is 0.893. The molecule has 182 valence electrons. The fraction of sp³-hybridized carbons (Fsp3) is 0.654. The minimum absolute atomic E-state index is 0.00983. The number of Topliss-reactive ketones (excluding diaryl/α,β-unsaturated/α-hetero) is 1. The molecule has 0 radical (unpaired) electrons. The van der Waals surface area contributed by atoms with Crippen LogP contribution in [-0.4, -0.2) is 58.1 Å². The van der Waals surface area contributed by atoms with Crippen molar-refractivity contribution in [3.05, 3.63) is 24.0 Å². The molecule has 0 bridgehead atoms. The highest BCUT2D eigenvalue weighted by Crippen LogP contribution is 2.41. The zero-order valence-corrected chi connectivity index (χ0v) is 20.6. The number of aliphatic hydroxyl groups is 1. The van der Waals surface area contributed by atoms with Crippen LogP contribution in [0, 0.1) is 11.3 Å². The molecule has 1 aliphatic rings. The maximum atomic E-state index is 13.8. The van der Waals surface area contributed by atoms with Crippen LogP contribution in [0.15, 0.2) is 18.2 Å². The Morgan fingerprint density at radius 1 is 1.21 bits per heavy atom. The zero-order valence-electron chi connectivity index (χ0n) is 20.6. The van der Waals surface area contributed by atoms with E-state index in [0.29, 0.717) is 23.6 Å². The molecule has 1 amide bonds. The minimum atomic E-state index is -0.538. The first-order valence-electron chi connectivity index (χ1n) is 12.3. The number of ketones is 1. The number of carbonyl (C=O) groups is 2. The van der Waals surface area contributed by atoms with Crippen molar-refractivity contribution < 1.29 is 19.4 Å². The largest absolute Gasteiger partial charge is 0.497 e. The van der Waals surface area contributed by atoms with Crippen LogP contribution in [0.3, 0.4) is 0 Å². The summed E-state index contributed by atoms with van der Waals surface area (Å²) in [6.45, 7) is 7.88. The highest BCUT2D eigenvalue weighted by Gasteiger charge is 2.40. The fourth-order valence-corrected chi connectivity index (χ4v) is 4.77. The average molecular weight is 458 g/mol. The van der Waals surface area contributed by atoms with Crippen LogP contribution in [0.2, 0.25) is 0 Å². The Hall–Kier alpha value is -2.41. The predicted octanol–water partition coefficient (Wildman–Crippen LogP) is 4.46. The van der Waals surface area contributed by atoms with Crippen LogP contribution in [-0.2, 0) is 11.3 Å².